The third kappa shape index (κ3) is 4.96. The van der Waals surface area contributed by atoms with Gasteiger partial charge in [0.2, 0.25) is 5.91 Å². The van der Waals surface area contributed by atoms with E-state index in [0.717, 1.165) is 17.3 Å². The van der Waals surface area contributed by atoms with Crippen LogP contribution in [-0.4, -0.2) is 12.5 Å². The van der Waals surface area contributed by atoms with E-state index in [0.29, 0.717) is 29.6 Å². The van der Waals surface area contributed by atoms with Crippen molar-refractivity contribution in [3.05, 3.63) is 27.7 Å². The second kappa shape index (κ2) is 7.77. The minimum atomic E-state index is 0.00170. The number of anilines is 1. The third-order valence-corrected chi connectivity index (χ3v) is 4.15. The van der Waals surface area contributed by atoms with Gasteiger partial charge in [-0.15, -0.1) is 0 Å². The number of benzene rings is 1. The monoisotopic (exact) mass is 332 g/mol. The van der Waals surface area contributed by atoms with Gasteiger partial charge in [0.15, 0.2) is 0 Å². The summed E-state index contributed by atoms with van der Waals surface area (Å²) >= 11 is 9.30. The Morgan fingerprint density at radius 2 is 2.22 bits per heavy atom. The number of rotatable bonds is 6. The number of hydrogen-bond donors (Lipinski definition) is 2. The summed E-state index contributed by atoms with van der Waals surface area (Å²) in [6.07, 6.45) is 2.30. The van der Waals surface area contributed by atoms with E-state index in [4.69, 9.17) is 17.3 Å². The lowest BCUT2D eigenvalue weighted by Gasteiger charge is -2.11. The Labute approximate surface area is 121 Å². The zero-order valence-corrected chi connectivity index (χ0v) is 12.7. The van der Waals surface area contributed by atoms with E-state index in [1.165, 1.54) is 0 Å². The SMILES string of the molecule is CC(CCN)CCC(=O)Nc1cccc(Cl)c1Br. The van der Waals surface area contributed by atoms with Gasteiger partial charge < -0.3 is 11.1 Å². The van der Waals surface area contributed by atoms with Crippen LogP contribution in [0.25, 0.3) is 0 Å². The van der Waals surface area contributed by atoms with Crippen molar-refractivity contribution in [2.24, 2.45) is 11.7 Å². The zero-order chi connectivity index (χ0) is 13.5. The van der Waals surface area contributed by atoms with Crippen molar-refractivity contribution < 1.29 is 4.79 Å². The van der Waals surface area contributed by atoms with Crippen molar-refractivity contribution in [3.63, 3.8) is 0 Å². The molecule has 1 amide bonds. The molecule has 1 atom stereocenters. The number of nitrogens with one attached hydrogen (secondary N) is 1. The molecule has 0 aliphatic rings. The molecule has 0 aliphatic carbocycles. The van der Waals surface area contributed by atoms with Crippen LogP contribution in [-0.2, 0) is 4.79 Å². The molecule has 18 heavy (non-hydrogen) atoms. The molecule has 0 aromatic heterocycles. The standard InChI is InChI=1S/C13H18BrClN2O/c1-9(7-8-16)5-6-12(18)17-11-4-2-3-10(15)13(11)14/h2-4,9H,5-8,16H2,1H3,(H,17,18). The molecule has 0 fully saturated rings. The molecule has 1 unspecified atom stereocenters. The first-order chi connectivity index (χ1) is 8.54. The largest absolute Gasteiger partial charge is 0.330 e. The van der Waals surface area contributed by atoms with Crippen molar-refractivity contribution >= 4 is 39.1 Å². The summed E-state index contributed by atoms with van der Waals surface area (Å²) in [5, 5.41) is 3.43. The lowest BCUT2D eigenvalue weighted by Crippen LogP contribution is -2.14. The van der Waals surface area contributed by atoms with Crippen LogP contribution in [0.5, 0.6) is 0 Å². The Kier molecular flexibility index (Phi) is 6.68. The Hall–Kier alpha value is -0.580. The highest BCUT2D eigenvalue weighted by molar-refractivity contribution is 9.10. The number of hydrogen-bond acceptors (Lipinski definition) is 2. The first kappa shape index (κ1) is 15.5. The molecule has 0 radical (unpaired) electrons. The molecule has 0 aliphatic heterocycles. The van der Waals surface area contributed by atoms with E-state index >= 15 is 0 Å². The minimum absolute atomic E-state index is 0.00170. The normalized spacial score (nSPS) is 12.2. The van der Waals surface area contributed by atoms with Gasteiger partial charge in [0.25, 0.3) is 0 Å². The molecule has 1 aromatic rings. The Balaban J connectivity index is 2.47. The van der Waals surface area contributed by atoms with Crippen molar-refractivity contribution in [3.8, 4) is 0 Å². The van der Waals surface area contributed by atoms with Gasteiger partial charge in [-0.25, -0.2) is 0 Å². The van der Waals surface area contributed by atoms with Gasteiger partial charge in [0.05, 0.1) is 15.2 Å². The van der Waals surface area contributed by atoms with Gasteiger partial charge in [-0.05, 0) is 53.4 Å². The number of carbonyl (C=O) groups is 1. The molecule has 0 spiro atoms. The lowest BCUT2D eigenvalue weighted by molar-refractivity contribution is -0.116. The molecule has 1 aromatic carbocycles. The summed E-state index contributed by atoms with van der Waals surface area (Å²) in [5.74, 6) is 0.477. The fourth-order valence-electron chi connectivity index (χ4n) is 1.62. The maximum Gasteiger partial charge on any atom is 0.224 e. The highest BCUT2D eigenvalue weighted by Crippen LogP contribution is 2.30. The van der Waals surface area contributed by atoms with Crippen molar-refractivity contribution in [1.29, 1.82) is 0 Å². The van der Waals surface area contributed by atoms with Gasteiger partial charge >= 0.3 is 0 Å². The van der Waals surface area contributed by atoms with Gasteiger partial charge in [-0.2, -0.15) is 0 Å². The van der Waals surface area contributed by atoms with Gasteiger partial charge in [-0.3, -0.25) is 4.79 Å². The van der Waals surface area contributed by atoms with Crippen LogP contribution in [0.3, 0.4) is 0 Å². The molecule has 0 heterocycles. The second-order valence-electron chi connectivity index (χ2n) is 4.37. The molecule has 100 valence electrons. The van der Waals surface area contributed by atoms with E-state index in [9.17, 15) is 4.79 Å². The average Bonchev–Trinajstić information content (AvgIpc) is 2.33. The van der Waals surface area contributed by atoms with Gasteiger partial charge in [0.1, 0.15) is 0 Å². The third-order valence-electron chi connectivity index (χ3n) is 2.75. The van der Waals surface area contributed by atoms with E-state index in [-0.39, 0.29) is 5.91 Å². The Morgan fingerprint density at radius 3 is 2.89 bits per heavy atom. The predicted molar refractivity (Wildman–Crippen MR) is 79.9 cm³/mol. The highest BCUT2D eigenvalue weighted by atomic mass is 79.9. The molecular weight excluding hydrogens is 316 g/mol. The number of carbonyl (C=O) groups excluding carboxylic acids is 1. The van der Waals surface area contributed by atoms with Crippen LogP contribution in [0, 0.1) is 5.92 Å². The quantitative estimate of drug-likeness (QED) is 0.832. The molecule has 0 bridgehead atoms. The van der Waals surface area contributed by atoms with E-state index in [2.05, 4.69) is 28.2 Å². The molecule has 0 saturated heterocycles. The van der Waals surface area contributed by atoms with Gasteiger partial charge in [0, 0.05) is 6.42 Å². The van der Waals surface area contributed by atoms with Crippen LogP contribution in [0.2, 0.25) is 5.02 Å². The fourth-order valence-corrected chi connectivity index (χ4v) is 2.16. The summed E-state index contributed by atoms with van der Waals surface area (Å²) in [4.78, 5) is 11.8. The number of halogens is 2. The summed E-state index contributed by atoms with van der Waals surface area (Å²) in [6, 6.07) is 5.39. The van der Waals surface area contributed by atoms with Crippen LogP contribution in [0.1, 0.15) is 26.2 Å². The van der Waals surface area contributed by atoms with Crippen molar-refractivity contribution in [2.75, 3.05) is 11.9 Å². The first-order valence-corrected chi connectivity index (χ1v) is 7.15. The molecule has 3 nitrogen and oxygen atoms in total. The highest BCUT2D eigenvalue weighted by Gasteiger charge is 2.09. The van der Waals surface area contributed by atoms with Crippen LogP contribution >= 0.6 is 27.5 Å². The van der Waals surface area contributed by atoms with Crippen LogP contribution < -0.4 is 11.1 Å². The van der Waals surface area contributed by atoms with Crippen LogP contribution in [0.15, 0.2) is 22.7 Å². The topological polar surface area (TPSA) is 55.1 Å². The van der Waals surface area contributed by atoms with E-state index in [1.807, 2.05) is 6.07 Å². The maximum atomic E-state index is 11.8. The van der Waals surface area contributed by atoms with Crippen molar-refractivity contribution in [2.45, 2.75) is 26.2 Å². The number of amides is 1. The summed E-state index contributed by atoms with van der Waals surface area (Å²) in [7, 11) is 0. The van der Waals surface area contributed by atoms with Crippen molar-refractivity contribution in [1.82, 2.24) is 0 Å². The summed E-state index contributed by atoms with van der Waals surface area (Å²) in [5.41, 5.74) is 6.18. The average molecular weight is 334 g/mol. The molecule has 1 rings (SSSR count). The molecule has 3 N–H and O–H groups in total. The first-order valence-electron chi connectivity index (χ1n) is 5.98. The maximum absolute atomic E-state index is 11.8. The van der Waals surface area contributed by atoms with E-state index in [1.54, 1.807) is 12.1 Å². The smallest absolute Gasteiger partial charge is 0.224 e. The second-order valence-corrected chi connectivity index (χ2v) is 5.57. The van der Waals surface area contributed by atoms with E-state index < -0.39 is 0 Å². The fraction of sp³-hybridized carbons (Fsp3) is 0.462. The predicted octanol–water partition coefficient (Wildman–Crippen LogP) is 3.81. The minimum Gasteiger partial charge on any atom is -0.330 e. The number of nitrogens with two attached hydrogens (primary N) is 1. The molecule has 5 heteroatoms. The zero-order valence-electron chi connectivity index (χ0n) is 10.4. The summed E-state index contributed by atoms with van der Waals surface area (Å²) < 4.78 is 0.718. The Bertz CT molecular complexity index is 412. The molecule has 0 saturated carbocycles. The summed E-state index contributed by atoms with van der Waals surface area (Å²) in [6.45, 7) is 2.78. The van der Waals surface area contributed by atoms with Crippen LogP contribution in [0.4, 0.5) is 5.69 Å². The molecular formula is C13H18BrClN2O. The lowest BCUT2D eigenvalue weighted by atomic mass is 10.0. The van der Waals surface area contributed by atoms with Gasteiger partial charge in [-0.1, -0.05) is 24.6 Å². The Morgan fingerprint density at radius 1 is 1.50 bits per heavy atom.